The van der Waals surface area contributed by atoms with Crippen LogP contribution in [0.5, 0.6) is 0 Å². The maximum Gasteiger partial charge on any atom is 0.0495 e. The summed E-state index contributed by atoms with van der Waals surface area (Å²) in [5.41, 5.74) is 0. The normalized spacial score (nSPS) is 20.0. The molecule has 0 amide bonds. The van der Waals surface area contributed by atoms with Gasteiger partial charge in [0.25, 0.3) is 0 Å². The predicted octanol–water partition coefficient (Wildman–Crippen LogP) is -0.573. The summed E-state index contributed by atoms with van der Waals surface area (Å²) in [6.07, 6.45) is 2.30. The van der Waals surface area contributed by atoms with Crippen molar-refractivity contribution >= 4 is 6.02 Å². The topological polar surface area (TPSA) is 38.7 Å². The smallest absolute Gasteiger partial charge is 0.0495 e. The number of hydrogen-bond acceptors (Lipinski definition) is 2. The van der Waals surface area contributed by atoms with Crippen LogP contribution in [0.15, 0.2) is 4.99 Å². The molecule has 1 fully saturated rings. The van der Waals surface area contributed by atoms with Gasteiger partial charge < -0.3 is 10.0 Å². The molecule has 1 aliphatic rings. The monoisotopic (exact) mass is 127 g/mol. The molecule has 0 aromatic carbocycles. The molecule has 0 heterocycles. The predicted molar refractivity (Wildman–Crippen MR) is 34.1 cm³/mol. The molecule has 0 saturated heterocycles. The van der Waals surface area contributed by atoms with Crippen molar-refractivity contribution in [3.8, 4) is 0 Å². The Balaban J connectivity index is 2.40. The lowest BCUT2D eigenvalue weighted by Crippen LogP contribution is -2.38. The summed E-state index contributed by atoms with van der Waals surface area (Å²) >= 11 is 0. The largest absolute Gasteiger partial charge is 0.846 e. The highest BCUT2D eigenvalue weighted by Crippen LogP contribution is 2.24. The lowest BCUT2D eigenvalue weighted by Gasteiger charge is -2.23. The molecule has 0 bridgehead atoms. The standard InChI is InChI=1S/C6H12N2O/c1-7-6(9)8(2)5-3-4-5/h5H,3-4H2,1-2H3,(H,7,9)/p-1. The number of amidine groups is 1. The van der Waals surface area contributed by atoms with E-state index in [1.54, 1.807) is 11.9 Å². The lowest BCUT2D eigenvalue weighted by molar-refractivity contribution is -0.234. The molecule has 0 atom stereocenters. The Kier molecular flexibility index (Phi) is 1.60. The van der Waals surface area contributed by atoms with Crippen LogP contribution in [-0.2, 0) is 0 Å². The van der Waals surface area contributed by atoms with Gasteiger partial charge in [0.2, 0.25) is 0 Å². The molecule has 0 spiro atoms. The zero-order valence-electron chi connectivity index (χ0n) is 5.79. The SMILES string of the molecule is CN=C([O-])N(C)C1CC1. The van der Waals surface area contributed by atoms with E-state index in [0.717, 1.165) is 12.8 Å². The highest BCUT2D eigenvalue weighted by molar-refractivity contribution is 5.69. The lowest BCUT2D eigenvalue weighted by atomic mass is 10.6. The van der Waals surface area contributed by atoms with Crippen LogP contribution in [0.4, 0.5) is 0 Å². The first kappa shape index (κ1) is 6.39. The Bertz CT molecular complexity index is 129. The first-order valence-electron chi connectivity index (χ1n) is 3.12. The fourth-order valence-electron chi connectivity index (χ4n) is 0.776. The zero-order chi connectivity index (χ0) is 6.85. The van der Waals surface area contributed by atoms with Gasteiger partial charge in [-0.15, -0.1) is 0 Å². The van der Waals surface area contributed by atoms with Gasteiger partial charge in [-0.05, 0) is 12.8 Å². The Morgan fingerprint density at radius 1 is 1.67 bits per heavy atom. The van der Waals surface area contributed by atoms with Crippen LogP contribution in [-0.4, -0.2) is 31.1 Å². The van der Waals surface area contributed by atoms with E-state index in [0.29, 0.717) is 6.04 Å². The molecule has 52 valence electrons. The Hall–Kier alpha value is -0.730. The zero-order valence-corrected chi connectivity index (χ0v) is 5.79. The third-order valence-electron chi connectivity index (χ3n) is 1.59. The molecule has 3 nitrogen and oxygen atoms in total. The van der Waals surface area contributed by atoms with Crippen molar-refractivity contribution in [2.45, 2.75) is 18.9 Å². The average Bonchev–Trinajstić information content (AvgIpc) is 2.66. The quantitative estimate of drug-likeness (QED) is 0.349. The minimum atomic E-state index is -0.0995. The van der Waals surface area contributed by atoms with Gasteiger partial charge in [-0.3, -0.25) is 4.99 Å². The van der Waals surface area contributed by atoms with Crippen molar-refractivity contribution in [2.24, 2.45) is 4.99 Å². The molecule has 1 aliphatic carbocycles. The van der Waals surface area contributed by atoms with Gasteiger partial charge in [0.1, 0.15) is 0 Å². The van der Waals surface area contributed by atoms with Gasteiger partial charge in [-0.2, -0.15) is 0 Å². The maximum atomic E-state index is 10.8. The van der Waals surface area contributed by atoms with E-state index < -0.39 is 0 Å². The van der Waals surface area contributed by atoms with Gasteiger partial charge in [-0.1, -0.05) is 0 Å². The minimum absolute atomic E-state index is 0.0995. The van der Waals surface area contributed by atoms with Gasteiger partial charge in [-0.25, -0.2) is 0 Å². The van der Waals surface area contributed by atoms with Gasteiger partial charge in [0.05, 0.1) is 0 Å². The van der Waals surface area contributed by atoms with E-state index in [9.17, 15) is 5.11 Å². The van der Waals surface area contributed by atoms with Crippen molar-refractivity contribution in [1.29, 1.82) is 0 Å². The Morgan fingerprint density at radius 2 is 2.22 bits per heavy atom. The summed E-state index contributed by atoms with van der Waals surface area (Å²) < 4.78 is 0. The number of hydrogen-bond donors (Lipinski definition) is 0. The van der Waals surface area contributed by atoms with Crippen LogP contribution < -0.4 is 5.11 Å². The maximum absolute atomic E-state index is 10.8. The molecule has 9 heavy (non-hydrogen) atoms. The van der Waals surface area contributed by atoms with E-state index in [4.69, 9.17) is 0 Å². The fraction of sp³-hybridized carbons (Fsp3) is 0.833. The molecule has 0 aliphatic heterocycles. The number of aliphatic imine (C=N–C) groups is 1. The molecule has 0 aromatic heterocycles. The molecular formula is C6H11N2O-. The van der Waals surface area contributed by atoms with E-state index in [-0.39, 0.29) is 6.02 Å². The van der Waals surface area contributed by atoms with Crippen LogP contribution in [0.2, 0.25) is 0 Å². The van der Waals surface area contributed by atoms with Crippen molar-refractivity contribution < 1.29 is 5.11 Å². The summed E-state index contributed by atoms with van der Waals surface area (Å²) in [5.74, 6) is 0. The van der Waals surface area contributed by atoms with E-state index in [1.807, 2.05) is 0 Å². The summed E-state index contributed by atoms with van der Waals surface area (Å²) in [5, 5.41) is 10.8. The molecule has 0 unspecified atom stereocenters. The second-order valence-electron chi connectivity index (χ2n) is 2.35. The number of nitrogens with zero attached hydrogens (tertiary/aromatic N) is 2. The van der Waals surface area contributed by atoms with Crippen LogP contribution in [0.1, 0.15) is 12.8 Å². The van der Waals surface area contributed by atoms with Gasteiger partial charge in [0.15, 0.2) is 0 Å². The first-order valence-corrected chi connectivity index (χ1v) is 3.12. The Labute approximate surface area is 55.0 Å². The van der Waals surface area contributed by atoms with Crippen LogP contribution in [0.25, 0.3) is 0 Å². The first-order chi connectivity index (χ1) is 4.25. The van der Waals surface area contributed by atoms with Crippen molar-refractivity contribution in [2.75, 3.05) is 14.1 Å². The van der Waals surface area contributed by atoms with Crippen molar-refractivity contribution in [1.82, 2.24) is 4.90 Å². The molecular weight excluding hydrogens is 116 g/mol. The highest BCUT2D eigenvalue weighted by atomic mass is 16.3. The van der Waals surface area contributed by atoms with Crippen LogP contribution >= 0.6 is 0 Å². The second-order valence-corrected chi connectivity index (χ2v) is 2.35. The average molecular weight is 127 g/mol. The third kappa shape index (κ3) is 1.34. The molecule has 0 N–H and O–H groups in total. The van der Waals surface area contributed by atoms with Crippen molar-refractivity contribution in [3.05, 3.63) is 0 Å². The highest BCUT2D eigenvalue weighted by Gasteiger charge is 2.25. The summed E-state index contributed by atoms with van der Waals surface area (Å²) in [4.78, 5) is 5.23. The molecule has 1 rings (SSSR count). The van der Waals surface area contributed by atoms with Crippen LogP contribution in [0.3, 0.4) is 0 Å². The van der Waals surface area contributed by atoms with Crippen molar-refractivity contribution in [3.63, 3.8) is 0 Å². The van der Waals surface area contributed by atoms with E-state index >= 15 is 0 Å². The molecule has 0 aromatic rings. The summed E-state index contributed by atoms with van der Waals surface area (Å²) in [6, 6.07) is 0.388. The Morgan fingerprint density at radius 3 is 2.56 bits per heavy atom. The molecule has 3 heteroatoms. The second kappa shape index (κ2) is 2.25. The number of rotatable bonds is 1. The van der Waals surface area contributed by atoms with E-state index in [2.05, 4.69) is 4.99 Å². The minimum Gasteiger partial charge on any atom is -0.846 e. The van der Waals surface area contributed by atoms with Gasteiger partial charge in [0, 0.05) is 26.2 Å². The molecule has 0 radical (unpaired) electrons. The molecule has 1 saturated carbocycles. The van der Waals surface area contributed by atoms with Gasteiger partial charge >= 0.3 is 0 Å². The fourth-order valence-corrected chi connectivity index (χ4v) is 0.776. The van der Waals surface area contributed by atoms with Crippen LogP contribution in [0, 0.1) is 0 Å². The summed E-state index contributed by atoms with van der Waals surface area (Å²) in [7, 11) is 3.33. The third-order valence-corrected chi connectivity index (χ3v) is 1.59. The van der Waals surface area contributed by atoms with E-state index in [1.165, 1.54) is 7.05 Å². The summed E-state index contributed by atoms with van der Waals surface area (Å²) in [6.45, 7) is 0.